The largest absolute Gasteiger partial charge is 0.274 e. The fourth-order valence-electron chi connectivity index (χ4n) is 20.5. The molecule has 20 aromatic carbocycles. The summed E-state index contributed by atoms with van der Waals surface area (Å²) < 4.78 is -0.750. The Kier molecular flexibility index (Phi) is 21.0. The van der Waals surface area contributed by atoms with Crippen LogP contribution in [0.2, 0.25) is 0 Å². The van der Waals surface area contributed by atoms with Gasteiger partial charge in [-0.1, -0.05) is 392 Å². The summed E-state index contributed by atoms with van der Waals surface area (Å²) in [5.41, 5.74) is 16.1. The molecule has 2 aliphatic rings. The molecule has 2 heterocycles. The average molecular weight is 1640 g/mol. The molecule has 0 aliphatic carbocycles. The number of carbonyl (C=O) groups is 4. The third kappa shape index (κ3) is 13.3. The Bertz CT molecular complexity index is 7060. The summed E-state index contributed by atoms with van der Waals surface area (Å²) >= 11 is 14.4. The van der Waals surface area contributed by atoms with Crippen molar-refractivity contribution in [2.24, 2.45) is 0 Å². The van der Waals surface area contributed by atoms with Crippen molar-refractivity contribution < 1.29 is 19.2 Å². The standard InChI is InChI=1S/2C56H43NO2.CHCl3/c2*1-2-3-4-5-6-13-33-57-55(58)45-26-16-23-41-40(31-32-46(52(41)45)56(57)59)39-29-30-42-47(34-39)51(36-19-11-8-12-20-36)54-44-25-15-22-38-28-27-37-21-14-24-43(49(37)50(38)44)53(54)48(42)35-17-9-7-10-18-35;2-1(3)4/h2*7-12,14-32,34H,2-6,13,33H2,1H3;1H. The lowest BCUT2D eigenvalue weighted by atomic mass is 9.79. The number of hydrogen-bond donors (Lipinski definition) is 0. The summed E-state index contributed by atoms with van der Waals surface area (Å²) in [6.07, 6.45) is 13.2. The topological polar surface area (TPSA) is 74.8 Å². The van der Waals surface area contributed by atoms with E-state index in [0.717, 1.165) is 104 Å². The minimum atomic E-state index is -0.750. The van der Waals surface area contributed by atoms with Crippen LogP contribution in [0.5, 0.6) is 0 Å². The van der Waals surface area contributed by atoms with Gasteiger partial charge in [0.1, 0.15) is 0 Å². The molecule has 4 amide bonds. The maximum atomic E-state index is 14.1. The molecule has 0 bridgehead atoms. The average Bonchev–Trinajstić information content (AvgIpc) is 0.666. The highest BCUT2D eigenvalue weighted by atomic mass is 35.6. The predicted octanol–water partition coefficient (Wildman–Crippen LogP) is 32.0. The van der Waals surface area contributed by atoms with Gasteiger partial charge in [-0.05, 0) is 234 Å². The Labute approximate surface area is 724 Å². The van der Waals surface area contributed by atoms with Crippen LogP contribution in [0, 0.1) is 0 Å². The van der Waals surface area contributed by atoms with Gasteiger partial charge in [-0.2, -0.15) is 0 Å². The first kappa shape index (κ1) is 77.8. The van der Waals surface area contributed by atoms with Crippen molar-refractivity contribution >= 4 is 188 Å². The van der Waals surface area contributed by atoms with Crippen LogP contribution >= 0.6 is 34.8 Å². The molecule has 0 spiro atoms. The lowest BCUT2D eigenvalue weighted by molar-refractivity contribution is 0.0592. The summed E-state index contributed by atoms with van der Waals surface area (Å²) in [6.45, 7) is 5.33. The molecule has 6 nitrogen and oxygen atoms in total. The lowest BCUT2D eigenvalue weighted by Gasteiger charge is -2.28. The Balaban J connectivity index is 0.000000149. The normalized spacial score (nSPS) is 12.9. The van der Waals surface area contributed by atoms with Crippen molar-refractivity contribution in [3.8, 4) is 66.8 Å². The molecule has 0 saturated carbocycles. The van der Waals surface area contributed by atoms with Crippen molar-refractivity contribution in [2.75, 3.05) is 13.1 Å². The zero-order valence-corrected chi connectivity index (χ0v) is 70.4. The Morgan fingerprint density at radius 1 is 0.213 bits per heavy atom. The van der Waals surface area contributed by atoms with Gasteiger partial charge in [0, 0.05) is 46.1 Å². The molecule has 0 aromatic heterocycles. The molecule has 0 atom stereocenters. The number of carbonyl (C=O) groups excluding carboxylic acids is 4. The monoisotopic (exact) mass is 1640 g/mol. The third-order valence-electron chi connectivity index (χ3n) is 25.8. The number of fused-ring (bicyclic) bond motifs is 8. The molecule has 0 saturated heterocycles. The maximum absolute atomic E-state index is 14.1. The molecule has 0 radical (unpaired) electrons. The number of nitrogens with zero attached hydrogens (tertiary/aromatic N) is 2. The quantitative estimate of drug-likeness (QED) is 0.0251. The van der Waals surface area contributed by atoms with E-state index < -0.39 is 4.30 Å². The third-order valence-corrected chi connectivity index (χ3v) is 25.8. The fraction of sp³-hybridized carbons (Fsp3) is 0.150. The summed E-state index contributed by atoms with van der Waals surface area (Å²) in [4.78, 5) is 59.2. The van der Waals surface area contributed by atoms with E-state index in [2.05, 4.69) is 293 Å². The minimum Gasteiger partial charge on any atom is -0.274 e. The highest BCUT2D eigenvalue weighted by molar-refractivity contribution is 6.63. The number of rotatable bonds is 20. The highest BCUT2D eigenvalue weighted by Crippen LogP contribution is 2.55. The predicted molar refractivity (Wildman–Crippen MR) is 517 cm³/mol. The Hall–Kier alpha value is -12.8. The zero-order valence-electron chi connectivity index (χ0n) is 68.2. The molecule has 122 heavy (non-hydrogen) atoms. The molecular formula is C113H87Cl3N2O4. The lowest BCUT2D eigenvalue weighted by Crippen LogP contribution is -2.40. The zero-order chi connectivity index (χ0) is 82.8. The van der Waals surface area contributed by atoms with E-state index in [9.17, 15) is 19.2 Å². The summed E-state index contributed by atoms with van der Waals surface area (Å²) in [6, 6.07) is 113. The SMILES string of the molecule is CCCCCCCCN1C(=O)c2cccc3c(-c4ccc5c(-c6ccccc6)c6c7cccc8ccc9cccc(c6c(-c6ccccc6)c5c4)c9c87)ccc(c23)C1=O.CCCCCCCCN1C(=O)c2cccc3c(-c4ccc5c(-c6ccccc6)c6c7cccc8ccc9cccc(c6c(-c6ccccc6)c5c4)c9c87)ccc(c23)C1=O.ClC(Cl)Cl. The van der Waals surface area contributed by atoms with E-state index in [1.807, 2.05) is 36.4 Å². The van der Waals surface area contributed by atoms with Crippen LogP contribution in [0.1, 0.15) is 132 Å². The smallest absolute Gasteiger partial charge is 0.261 e. The number of halogens is 3. The number of amides is 4. The van der Waals surface area contributed by atoms with Crippen molar-refractivity contribution in [3.05, 3.63) is 338 Å². The van der Waals surface area contributed by atoms with Gasteiger partial charge < -0.3 is 0 Å². The van der Waals surface area contributed by atoms with E-state index in [1.165, 1.54) is 179 Å². The molecule has 0 fully saturated rings. The van der Waals surface area contributed by atoms with E-state index >= 15 is 0 Å². The van der Waals surface area contributed by atoms with Crippen molar-refractivity contribution in [2.45, 2.75) is 95.2 Å². The summed E-state index contributed by atoms with van der Waals surface area (Å²) in [5, 5.41) is 28.2. The number of unbranched alkanes of at least 4 members (excludes halogenated alkanes) is 10. The van der Waals surface area contributed by atoms with Gasteiger partial charge in [-0.25, -0.2) is 0 Å². The van der Waals surface area contributed by atoms with Crippen LogP contribution in [-0.2, 0) is 0 Å². The second kappa shape index (κ2) is 33.0. The van der Waals surface area contributed by atoms with Crippen LogP contribution < -0.4 is 0 Å². The Morgan fingerprint density at radius 2 is 0.475 bits per heavy atom. The van der Waals surface area contributed by atoms with Gasteiger partial charge in [0.05, 0.1) is 0 Å². The number of imide groups is 2. The van der Waals surface area contributed by atoms with Gasteiger partial charge in [0.2, 0.25) is 0 Å². The van der Waals surface area contributed by atoms with E-state index in [0.29, 0.717) is 35.3 Å². The van der Waals surface area contributed by atoms with Gasteiger partial charge in [-0.3, -0.25) is 29.0 Å². The van der Waals surface area contributed by atoms with Crippen LogP contribution in [0.25, 0.3) is 196 Å². The van der Waals surface area contributed by atoms with E-state index in [-0.39, 0.29) is 23.6 Å². The number of hydrogen-bond acceptors (Lipinski definition) is 4. The van der Waals surface area contributed by atoms with Crippen LogP contribution in [0.3, 0.4) is 0 Å². The first-order valence-electron chi connectivity index (χ1n) is 43.1. The molecular weight excluding hydrogens is 1560 g/mol. The second-order valence-electron chi connectivity index (χ2n) is 32.8. The van der Waals surface area contributed by atoms with Gasteiger partial charge in [0.25, 0.3) is 23.6 Å². The van der Waals surface area contributed by atoms with Gasteiger partial charge in [-0.15, -0.1) is 0 Å². The summed E-state index contributed by atoms with van der Waals surface area (Å²) in [5.74, 6) is -0.751. The fourth-order valence-corrected chi connectivity index (χ4v) is 20.5. The molecule has 0 unspecified atom stereocenters. The highest BCUT2D eigenvalue weighted by Gasteiger charge is 2.36. The van der Waals surface area contributed by atoms with E-state index in [4.69, 9.17) is 34.8 Å². The number of alkyl halides is 3. The molecule has 2 aliphatic heterocycles. The van der Waals surface area contributed by atoms with Crippen molar-refractivity contribution in [3.63, 3.8) is 0 Å². The van der Waals surface area contributed by atoms with Crippen LogP contribution in [0.15, 0.2) is 315 Å². The summed E-state index contributed by atoms with van der Waals surface area (Å²) in [7, 11) is 0. The number of benzene rings is 20. The molecule has 0 N–H and O–H groups in total. The second-order valence-corrected chi connectivity index (χ2v) is 34.8. The molecule has 9 heteroatoms. The van der Waals surface area contributed by atoms with Gasteiger partial charge >= 0.3 is 0 Å². The first-order chi connectivity index (χ1) is 60.0. The first-order valence-corrected chi connectivity index (χ1v) is 44.4. The Morgan fingerprint density at radius 3 is 0.787 bits per heavy atom. The van der Waals surface area contributed by atoms with Crippen molar-refractivity contribution in [1.82, 2.24) is 9.80 Å². The minimum absolute atomic E-state index is 0.188. The van der Waals surface area contributed by atoms with E-state index in [1.54, 1.807) is 0 Å². The molecule has 20 aromatic rings. The van der Waals surface area contributed by atoms with Gasteiger partial charge in [0.15, 0.2) is 4.30 Å². The van der Waals surface area contributed by atoms with Crippen molar-refractivity contribution in [1.29, 1.82) is 0 Å². The van der Waals surface area contributed by atoms with Crippen LogP contribution in [-0.4, -0.2) is 50.8 Å². The molecule has 22 rings (SSSR count). The molecule has 594 valence electrons. The van der Waals surface area contributed by atoms with Crippen LogP contribution in [0.4, 0.5) is 0 Å². The maximum Gasteiger partial charge on any atom is 0.261 e.